The zero-order valence-electron chi connectivity index (χ0n) is 14.1. The second kappa shape index (κ2) is 9.03. The average molecular weight is 341 g/mol. The number of hydrogen-bond donors (Lipinski definition) is 2. The number of carbonyl (C=O) groups excluding carboxylic acids is 1. The quantitative estimate of drug-likeness (QED) is 0.846. The number of ether oxygens (including phenoxy) is 2. The van der Waals surface area contributed by atoms with Gasteiger partial charge in [0.25, 0.3) is 0 Å². The van der Waals surface area contributed by atoms with Crippen molar-refractivity contribution in [1.29, 1.82) is 0 Å². The molecule has 1 aromatic heterocycles. The molecule has 0 unspecified atom stereocenters. The SMILES string of the molecule is O=C(NCC1CCOCC1)Nc1ccc(OCc2ccccn2)cc1. The largest absolute Gasteiger partial charge is 0.487 e. The monoisotopic (exact) mass is 341 g/mol. The van der Waals surface area contributed by atoms with E-state index in [9.17, 15) is 4.79 Å². The van der Waals surface area contributed by atoms with Gasteiger partial charge in [0.1, 0.15) is 12.4 Å². The molecule has 1 saturated heterocycles. The summed E-state index contributed by atoms with van der Waals surface area (Å²) in [7, 11) is 0. The van der Waals surface area contributed by atoms with Gasteiger partial charge in [-0.1, -0.05) is 6.07 Å². The summed E-state index contributed by atoms with van der Waals surface area (Å²) in [6, 6.07) is 12.8. The van der Waals surface area contributed by atoms with Crippen molar-refractivity contribution >= 4 is 11.7 Å². The lowest BCUT2D eigenvalue weighted by molar-refractivity contribution is 0.0671. The molecule has 25 heavy (non-hydrogen) atoms. The van der Waals surface area contributed by atoms with Crippen LogP contribution >= 0.6 is 0 Å². The Morgan fingerprint density at radius 1 is 1.16 bits per heavy atom. The van der Waals surface area contributed by atoms with Gasteiger partial charge in [0.05, 0.1) is 5.69 Å². The Labute approximate surface area is 147 Å². The van der Waals surface area contributed by atoms with Crippen molar-refractivity contribution in [3.63, 3.8) is 0 Å². The Kier molecular flexibility index (Phi) is 6.23. The molecule has 0 bridgehead atoms. The van der Waals surface area contributed by atoms with Crippen LogP contribution in [0.15, 0.2) is 48.7 Å². The van der Waals surface area contributed by atoms with Crippen LogP contribution in [0.3, 0.4) is 0 Å². The van der Waals surface area contributed by atoms with E-state index in [1.807, 2.05) is 42.5 Å². The Hall–Kier alpha value is -2.60. The third kappa shape index (κ3) is 5.76. The molecule has 3 rings (SSSR count). The van der Waals surface area contributed by atoms with Crippen LogP contribution in [-0.2, 0) is 11.3 Å². The van der Waals surface area contributed by atoms with Gasteiger partial charge in [0.15, 0.2) is 0 Å². The summed E-state index contributed by atoms with van der Waals surface area (Å²) in [6.07, 6.45) is 3.75. The lowest BCUT2D eigenvalue weighted by Gasteiger charge is -2.22. The summed E-state index contributed by atoms with van der Waals surface area (Å²) in [4.78, 5) is 16.2. The number of benzene rings is 1. The Bertz CT molecular complexity index is 655. The molecule has 0 spiro atoms. The van der Waals surface area contributed by atoms with Crippen molar-refractivity contribution in [3.8, 4) is 5.75 Å². The van der Waals surface area contributed by atoms with Gasteiger partial charge in [-0.15, -0.1) is 0 Å². The highest BCUT2D eigenvalue weighted by atomic mass is 16.5. The van der Waals surface area contributed by atoms with Crippen molar-refractivity contribution < 1.29 is 14.3 Å². The lowest BCUT2D eigenvalue weighted by atomic mass is 10.0. The van der Waals surface area contributed by atoms with Crippen molar-refractivity contribution in [3.05, 3.63) is 54.4 Å². The van der Waals surface area contributed by atoms with Gasteiger partial charge in [0, 0.05) is 31.6 Å². The van der Waals surface area contributed by atoms with E-state index in [1.165, 1.54) is 0 Å². The van der Waals surface area contributed by atoms with Gasteiger partial charge in [-0.05, 0) is 55.2 Å². The smallest absolute Gasteiger partial charge is 0.319 e. The molecule has 2 aromatic rings. The molecule has 0 atom stereocenters. The van der Waals surface area contributed by atoms with Crippen LogP contribution < -0.4 is 15.4 Å². The number of rotatable bonds is 6. The van der Waals surface area contributed by atoms with E-state index in [2.05, 4.69) is 15.6 Å². The van der Waals surface area contributed by atoms with E-state index < -0.39 is 0 Å². The van der Waals surface area contributed by atoms with Crippen LogP contribution in [0.1, 0.15) is 18.5 Å². The Balaban J connectivity index is 1.41. The number of carbonyl (C=O) groups is 1. The molecule has 2 N–H and O–H groups in total. The van der Waals surface area contributed by atoms with Gasteiger partial charge in [0.2, 0.25) is 0 Å². The molecule has 132 valence electrons. The third-order valence-electron chi connectivity index (χ3n) is 4.12. The van der Waals surface area contributed by atoms with Gasteiger partial charge < -0.3 is 20.1 Å². The molecule has 6 heteroatoms. The molecule has 6 nitrogen and oxygen atoms in total. The molecule has 0 aliphatic carbocycles. The molecule has 1 aliphatic heterocycles. The highest BCUT2D eigenvalue weighted by Crippen LogP contribution is 2.17. The van der Waals surface area contributed by atoms with Gasteiger partial charge in [-0.2, -0.15) is 0 Å². The van der Waals surface area contributed by atoms with Gasteiger partial charge in [-0.25, -0.2) is 4.79 Å². The van der Waals surface area contributed by atoms with E-state index in [-0.39, 0.29) is 6.03 Å². The van der Waals surface area contributed by atoms with E-state index in [1.54, 1.807) is 6.20 Å². The number of urea groups is 1. The first kappa shape index (κ1) is 17.2. The van der Waals surface area contributed by atoms with Crippen molar-refractivity contribution in [2.75, 3.05) is 25.1 Å². The van der Waals surface area contributed by atoms with Gasteiger partial charge >= 0.3 is 6.03 Å². The second-order valence-corrected chi connectivity index (χ2v) is 6.02. The summed E-state index contributed by atoms with van der Waals surface area (Å²) in [5.41, 5.74) is 1.60. The van der Waals surface area contributed by atoms with Crippen LogP contribution in [-0.4, -0.2) is 30.8 Å². The minimum absolute atomic E-state index is 0.186. The van der Waals surface area contributed by atoms with Crippen molar-refractivity contribution in [2.24, 2.45) is 5.92 Å². The zero-order valence-corrected chi connectivity index (χ0v) is 14.1. The van der Waals surface area contributed by atoms with Crippen LogP contribution in [0.4, 0.5) is 10.5 Å². The van der Waals surface area contributed by atoms with E-state index >= 15 is 0 Å². The normalized spacial score (nSPS) is 14.7. The molecule has 1 aliphatic rings. The maximum Gasteiger partial charge on any atom is 0.319 e. The summed E-state index contributed by atoms with van der Waals surface area (Å²) >= 11 is 0. The molecule has 1 aromatic carbocycles. The number of hydrogen-bond acceptors (Lipinski definition) is 4. The topological polar surface area (TPSA) is 72.5 Å². The fourth-order valence-electron chi connectivity index (χ4n) is 2.64. The fraction of sp³-hybridized carbons (Fsp3) is 0.368. The summed E-state index contributed by atoms with van der Waals surface area (Å²) in [6.45, 7) is 2.67. The number of amides is 2. The molecule has 2 heterocycles. The van der Waals surface area contributed by atoms with Gasteiger partial charge in [-0.3, -0.25) is 4.98 Å². The number of aromatic nitrogens is 1. The summed E-state index contributed by atoms with van der Waals surface area (Å²) in [5, 5.41) is 5.75. The molecule has 2 amide bonds. The first-order valence-electron chi connectivity index (χ1n) is 8.55. The number of pyridine rings is 1. The minimum Gasteiger partial charge on any atom is -0.487 e. The number of nitrogens with zero attached hydrogens (tertiary/aromatic N) is 1. The van der Waals surface area contributed by atoms with Crippen molar-refractivity contribution in [1.82, 2.24) is 10.3 Å². The van der Waals surface area contributed by atoms with Crippen LogP contribution in [0, 0.1) is 5.92 Å². The second-order valence-electron chi connectivity index (χ2n) is 6.02. The maximum absolute atomic E-state index is 12.0. The number of nitrogens with one attached hydrogen (secondary N) is 2. The molecule has 1 fully saturated rings. The molecular weight excluding hydrogens is 318 g/mol. The zero-order chi connectivity index (χ0) is 17.3. The summed E-state index contributed by atoms with van der Waals surface area (Å²) < 4.78 is 11.0. The molecule has 0 radical (unpaired) electrons. The first-order chi connectivity index (χ1) is 12.3. The summed E-state index contributed by atoms with van der Waals surface area (Å²) in [5.74, 6) is 1.24. The Morgan fingerprint density at radius 2 is 1.96 bits per heavy atom. The van der Waals surface area contributed by atoms with E-state index in [0.717, 1.165) is 43.2 Å². The van der Waals surface area contributed by atoms with Crippen LogP contribution in [0.25, 0.3) is 0 Å². The van der Waals surface area contributed by atoms with Crippen LogP contribution in [0.5, 0.6) is 5.75 Å². The molecule has 0 saturated carbocycles. The highest BCUT2D eigenvalue weighted by Gasteiger charge is 2.14. The third-order valence-corrected chi connectivity index (χ3v) is 4.12. The Morgan fingerprint density at radius 3 is 2.68 bits per heavy atom. The minimum atomic E-state index is -0.186. The lowest BCUT2D eigenvalue weighted by Crippen LogP contribution is -2.35. The average Bonchev–Trinajstić information content (AvgIpc) is 2.67. The standard InChI is InChI=1S/C19H23N3O3/c23-19(21-13-15-8-11-24-12-9-15)22-16-4-6-18(7-5-16)25-14-17-3-1-2-10-20-17/h1-7,10,15H,8-9,11-14H2,(H2,21,22,23). The fourth-order valence-corrected chi connectivity index (χ4v) is 2.64. The first-order valence-corrected chi connectivity index (χ1v) is 8.55. The highest BCUT2D eigenvalue weighted by molar-refractivity contribution is 5.89. The van der Waals surface area contributed by atoms with E-state index in [4.69, 9.17) is 9.47 Å². The predicted molar refractivity (Wildman–Crippen MR) is 95.6 cm³/mol. The van der Waals surface area contributed by atoms with E-state index in [0.29, 0.717) is 19.1 Å². The van der Waals surface area contributed by atoms with Crippen LogP contribution in [0.2, 0.25) is 0 Å². The molecular formula is C19H23N3O3. The number of anilines is 1. The predicted octanol–water partition coefficient (Wildman–Crippen LogP) is 3.21. The maximum atomic E-state index is 12.0. The van der Waals surface area contributed by atoms with Crippen molar-refractivity contribution in [2.45, 2.75) is 19.4 Å².